The number of phenolic OH excluding ortho intramolecular Hbond substituents is 1. The van der Waals surface area contributed by atoms with Crippen molar-refractivity contribution in [3.05, 3.63) is 107 Å². The van der Waals surface area contributed by atoms with E-state index < -0.39 is 11.5 Å². The van der Waals surface area contributed by atoms with Crippen molar-refractivity contribution in [2.24, 2.45) is 0 Å². The van der Waals surface area contributed by atoms with Gasteiger partial charge in [0.2, 0.25) is 0 Å². The monoisotopic (exact) mass is 415 g/mol. The molecule has 5 rings (SSSR count). The number of aromatic hydroxyl groups is 1. The lowest BCUT2D eigenvalue weighted by Crippen LogP contribution is -2.41. The minimum atomic E-state index is -2.04. The summed E-state index contributed by atoms with van der Waals surface area (Å²) >= 11 is 6.23. The molecule has 0 radical (unpaired) electrons. The Bertz CT molecular complexity index is 1290. The maximum absolute atomic E-state index is 13.6. The first kappa shape index (κ1) is 18.7. The molecule has 0 bridgehead atoms. The zero-order valence-corrected chi connectivity index (χ0v) is 16.7. The first-order chi connectivity index (χ1) is 14.5. The van der Waals surface area contributed by atoms with Crippen LogP contribution in [-0.2, 0) is 16.9 Å². The first-order valence-electron chi connectivity index (χ1n) is 9.59. The zero-order chi connectivity index (χ0) is 20.9. The van der Waals surface area contributed by atoms with Crippen molar-refractivity contribution in [1.82, 2.24) is 0 Å². The molecule has 148 valence electrons. The van der Waals surface area contributed by atoms with Gasteiger partial charge in [-0.25, -0.2) is 0 Å². The van der Waals surface area contributed by atoms with Crippen molar-refractivity contribution < 1.29 is 15.0 Å². The third-order valence-electron chi connectivity index (χ3n) is 5.67. The summed E-state index contributed by atoms with van der Waals surface area (Å²) in [6.07, 6.45) is 0. The second-order valence-corrected chi connectivity index (χ2v) is 7.87. The zero-order valence-electron chi connectivity index (χ0n) is 15.9. The van der Waals surface area contributed by atoms with E-state index in [2.05, 4.69) is 0 Å². The summed E-state index contributed by atoms with van der Waals surface area (Å²) in [4.78, 5) is 15.1. The summed E-state index contributed by atoms with van der Waals surface area (Å²) < 4.78 is 0. The van der Waals surface area contributed by atoms with Crippen LogP contribution in [0.1, 0.15) is 16.7 Å². The molecule has 0 spiro atoms. The lowest BCUT2D eigenvalue weighted by atomic mass is 9.85. The molecular formula is C25H18ClNO3. The van der Waals surface area contributed by atoms with Gasteiger partial charge < -0.3 is 15.1 Å². The number of nitrogens with zero attached hydrogens (tertiary/aromatic N) is 1. The van der Waals surface area contributed by atoms with Crippen molar-refractivity contribution in [2.75, 3.05) is 4.90 Å². The van der Waals surface area contributed by atoms with Crippen LogP contribution in [0.4, 0.5) is 5.69 Å². The van der Waals surface area contributed by atoms with Crippen LogP contribution >= 0.6 is 11.6 Å². The minimum absolute atomic E-state index is 0.114. The lowest BCUT2D eigenvalue weighted by Gasteiger charge is -2.25. The summed E-state index contributed by atoms with van der Waals surface area (Å²) in [5.41, 5.74) is -0.0304. The maximum Gasteiger partial charge on any atom is 0.268 e. The normalized spacial score (nSPS) is 18.1. The van der Waals surface area contributed by atoms with E-state index >= 15 is 0 Å². The third kappa shape index (κ3) is 2.69. The number of anilines is 1. The molecule has 4 aromatic rings. The van der Waals surface area contributed by atoms with Gasteiger partial charge >= 0.3 is 0 Å². The molecular weight excluding hydrogens is 398 g/mol. The van der Waals surface area contributed by atoms with E-state index in [-0.39, 0.29) is 11.3 Å². The highest BCUT2D eigenvalue weighted by Gasteiger charge is 2.52. The Morgan fingerprint density at radius 3 is 2.40 bits per heavy atom. The minimum Gasteiger partial charge on any atom is -0.507 e. The van der Waals surface area contributed by atoms with E-state index in [0.29, 0.717) is 28.2 Å². The summed E-state index contributed by atoms with van der Waals surface area (Å²) in [5.74, 6) is -0.634. The van der Waals surface area contributed by atoms with E-state index in [1.54, 1.807) is 42.5 Å². The second kappa shape index (κ2) is 6.87. The number of hydrogen-bond acceptors (Lipinski definition) is 3. The van der Waals surface area contributed by atoms with E-state index in [4.69, 9.17) is 11.6 Å². The van der Waals surface area contributed by atoms with E-state index in [1.807, 2.05) is 42.5 Å². The topological polar surface area (TPSA) is 60.8 Å². The standard InChI is InChI=1S/C25H18ClNO3/c26-18-11-13-22-21(14-18)25(30,24(29)27(22)15-16-6-2-1-3-7-16)20-12-10-17-8-4-5-9-19(17)23(20)28/h1-14,28,30H,15H2. The van der Waals surface area contributed by atoms with E-state index in [0.717, 1.165) is 10.9 Å². The highest BCUT2D eigenvalue weighted by atomic mass is 35.5. The number of phenols is 1. The van der Waals surface area contributed by atoms with Crippen LogP contribution in [-0.4, -0.2) is 16.1 Å². The molecule has 4 aromatic carbocycles. The van der Waals surface area contributed by atoms with Crippen molar-refractivity contribution in [3.8, 4) is 5.75 Å². The van der Waals surface area contributed by atoms with Gasteiger partial charge in [0.15, 0.2) is 5.60 Å². The fourth-order valence-corrected chi connectivity index (χ4v) is 4.36. The summed E-state index contributed by atoms with van der Waals surface area (Å²) in [6.45, 7) is 0.297. The van der Waals surface area contributed by atoms with Crippen LogP contribution in [0.5, 0.6) is 5.75 Å². The van der Waals surface area contributed by atoms with Gasteiger partial charge in [-0.2, -0.15) is 0 Å². The van der Waals surface area contributed by atoms with Crippen molar-refractivity contribution in [2.45, 2.75) is 12.1 Å². The molecule has 1 heterocycles. The molecule has 30 heavy (non-hydrogen) atoms. The Balaban J connectivity index is 1.71. The molecule has 1 unspecified atom stereocenters. The summed E-state index contributed by atoms with van der Waals surface area (Å²) in [5, 5.41) is 24.6. The van der Waals surface area contributed by atoms with Gasteiger partial charge in [-0.15, -0.1) is 0 Å². The first-order valence-corrected chi connectivity index (χ1v) is 9.97. The average Bonchev–Trinajstić information content (AvgIpc) is 2.97. The highest BCUT2D eigenvalue weighted by molar-refractivity contribution is 6.31. The van der Waals surface area contributed by atoms with E-state index in [1.165, 1.54) is 4.90 Å². The Morgan fingerprint density at radius 1 is 0.867 bits per heavy atom. The van der Waals surface area contributed by atoms with Crippen LogP contribution in [0.2, 0.25) is 5.02 Å². The number of benzene rings is 4. The van der Waals surface area contributed by atoms with Crippen molar-refractivity contribution in [1.29, 1.82) is 0 Å². The molecule has 0 aromatic heterocycles. The predicted molar refractivity (Wildman–Crippen MR) is 118 cm³/mol. The number of rotatable bonds is 3. The van der Waals surface area contributed by atoms with Gasteiger partial charge in [0.1, 0.15) is 5.75 Å². The number of hydrogen-bond donors (Lipinski definition) is 2. The third-order valence-corrected chi connectivity index (χ3v) is 5.90. The number of aliphatic hydroxyl groups is 1. The van der Waals surface area contributed by atoms with Gasteiger partial charge in [-0.3, -0.25) is 4.79 Å². The molecule has 1 atom stereocenters. The summed E-state index contributed by atoms with van der Waals surface area (Å²) in [6, 6.07) is 25.3. The molecule has 1 aliphatic rings. The quantitative estimate of drug-likeness (QED) is 0.496. The van der Waals surface area contributed by atoms with Crippen LogP contribution in [0.15, 0.2) is 84.9 Å². The molecule has 1 amide bonds. The predicted octanol–water partition coefficient (Wildman–Crippen LogP) is 4.98. The molecule has 0 aliphatic carbocycles. The van der Waals surface area contributed by atoms with Crippen LogP contribution < -0.4 is 4.90 Å². The van der Waals surface area contributed by atoms with Gasteiger partial charge in [-0.05, 0) is 29.1 Å². The maximum atomic E-state index is 13.6. The molecule has 0 saturated heterocycles. The molecule has 0 fully saturated rings. The molecule has 5 heteroatoms. The molecule has 1 aliphatic heterocycles. The Morgan fingerprint density at radius 2 is 1.60 bits per heavy atom. The van der Waals surface area contributed by atoms with Gasteiger partial charge in [0, 0.05) is 21.5 Å². The Hall–Kier alpha value is -3.34. The van der Waals surface area contributed by atoms with Gasteiger partial charge in [-0.1, -0.05) is 78.3 Å². The Labute approximate surface area is 178 Å². The number of carbonyl (C=O) groups excluding carboxylic acids is 1. The lowest BCUT2D eigenvalue weighted by molar-refractivity contribution is -0.132. The number of fused-ring (bicyclic) bond motifs is 2. The molecule has 4 nitrogen and oxygen atoms in total. The highest BCUT2D eigenvalue weighted by Crippen LogP contribution is 2.49. The van der Waals surface area contributed by atoms with Crippen LogP contribution in [0.25, 0.3) is 10.8 Å². The largest absolute Gasteiger partial charge is 0.507 e. The van der Waals surface area contributed by atoms with Gasteiger partial charge in [0.05, 0.1) is 12.2 Å². The van der Waals surface area contributed by atoms with Crippen molar-refractivity contribution >= 4 is 34.0 Å². The number of amides is 1. The number of halogens is 1. The van der Waals surface area contributed by atoms with E-state index in [9.17, 15) is 15.0 Å². The van der Waals surface area contributed by atoms with Crippen molar-refractivity contribution in [3.63, 3.8) is 0 Å². The van der Waals surface area contributed by atoms with Crippen LogP contribution in [0.3, 0.4) is 0 Å². The molecule has 2 N–H and O–H groups in total. The summed E-state index contributed by atoms with van der Waals surface area (Å²) in [7, 11) is 0. The second-order valence-electron chi connectivity index (χ2n) is 7.43. The van der Waals surface area contributed by atoms with Crippen LogP contribution in [0, 0.1) is 0 Å². The molecule has 0 saturated carbocycles. The smallest absolute Gasteiger partial charge is 0.268 e. The van der Waals surface area contributed by atoms with Gasteiger partial charge in [0.25, 0.3) is 5.91 Å². The number of carbonyl (C=O) groups is 1. The fourth-order valence-electron chi connectivity index (χ4n) is 4.18. The average molecular weight is 416 g/mol. The Kier molecular flexibility index (Phi) is 4.28. The fraction of sp³-hybridized carbons (Fsp3) is 0.0800. The SMILES string of the molecule is O=C1N(Cc2ccccc2)c2ccc(Cl)cc2C1(O)c1ccc2ccccc2c1O.